The Balaban J connectivity index is 4.61. The summed E-state index contributed by atoms with van der Waals surface area (Å²) in [5.41, 5.74) is 0. The first kappa shape index (κ1) is 12.5. The van der Waals surface area contributed by atoms with Gasteiger partial charge in [0.25, 0.3) is 0 Å². The fourth-order valence-corrected chi connectivity index (χ4v) is 0.862. The van der Waals surface area contributed by atoms with Crippen LogP contribution in [0.15, 0.2) is 0 Å². The summed E-state index contributed by atoms with van der Waals surface area (Å²) < 4.78 is 70.5. The van der Waals surface area contributed by atoms with E-state index in [1.807, 2.05) is 0 Å². The fourth-order valence-electron chi connectivity index (χ4n) is 0.862. The lowest BCUT2D eigenvalue weighted by atomic mass is 9.98. The first-order valence-electron chi connectivity index (χ1n) is 3.42. The van der Waals surface area contributed by atoms with Crippen LogP contribution in [0.4, 0.5) is 26.3 Å². The van der Waals surface area contributed by atoms with Gasteiger partial charge in [0.1, 0.15) is 0 Å². The number of aliphatic hydroxyl groups excluding tert-OH is 1. The number of halogens is 6. The van der Waals surface area contributed by atoms with Crippen molar-refractivity contribution in [1.29, 1.82) is 0 Å². The highest BCUT2D eigenvalue weighted by Crippen LogP contribution is 2.37. The van der Waals surface area contributed by atoms with E-state index in [0.717, 1.165) is 6.92 Å². The summed E-state index contributed by atoms with van der Waals surface area (Å²) in [6, 6.07) is 0. The summed E-state index contributed by atoms with van der Waals surface area (Å²) in [6.07, 6.45) is -14.4. The van der Waals surface area contributed by atoms with Crippen molar-refractivity contribution in [1.82, 2.24) is 0 Å². The van der Waals surface area contributed by atoms with E-state index >= 15 is 0 Å². The van der Waals surface area contributed by atoms with Crippen molar-refractivity contribution in [3.05, 3.63) is 0 Å². The molecular weight excluding hydrogens is 202 g/mol. The Morgan fingerprint density at radius 3 is 1.46 bits per heavy atom. The largest absolute Gasteiger partial charge is 0.414 e. The third-order valence-corrected chi connectivity index (χ3v) is 1.58. The molecule has 0 aromatic rings. The molecule has 0 spiro atoms. The van der Waals surface area contributed by atoms with Gasteiger partial charge in [0.2, 0.25) is 0 Å². The van der Waals surface area contributed by atoms with Crippen molar-refractivity contribution in [2.24, 2.45) is 5.92 Å². The van der Waals surface area contributed by atoms with Gasteiger partial charge in [-0.3, -0.25) is 0 Å². The summed E-state index contributed by atoms with van der Waals surface area (Å²) in [5.74, 6) is -2.74. The smallest absolute Gasteiger partial charge is 0.383 e. The maximum Gasteiger partial charge on any atom is 0.414 e. The van der Waals surface area contributed by atoms with Crippen molar-refractivity contribution in [3.63, 3.8) is 0 Å². The summed E-state index contributed by atoms with van der Waals surface area (Å²) in [4.78, 5) is 0. The second-order valence-electron chi connectivity index (χ2n) is 2.54. The lowest BCUT2D eigenvalue weighted by Gasteiger charge is -2.25. The molecule has 0 heterocycles. The number of hydrogen-bond donors (Lipinski definition) is 1. The van der Waals surface area contributed by atoms with Gasteiger partial charge in [0.05, 0.1) is 5.92 Å². The van der Waals surface area contributed by atoms with Crippen molar-refractivity contribution in [3.8, 4) is 0 Å². The molecule has 0 rings (SSSR count). The van der Waals surface area contributed by atoms with E-state index in [2.05, 4.69) is 0 Å². The van der Waals surface area contributed by atoms with Crippen LogP contribution in [0, 0.1) is 5.92 Å². The molecule has 1 N–H and O–H groups in total. The molecule has 0 amide bonds. The molecular formula is C6H8F6O. The zero-order valence-electron chi connectivity index (χ0n) is 6.58. The third-order valence-electron chi connectivity index (χ3n) is 1.58. The zero-order chi connectivity index (χ0) is 10.9. The Morgan fingerprint density at radius 2 is 1.38 bits per heavy atom. The molecule has 0 aliphatic heterocycles. The molecule has 0 saturated heterocycles. The van der Waals surface area contributed by atoms with Gasteiger partial charge in [-0.15, -0.1) is 0 Å². The Labute approximate surface area is 70.4 Å². The highest BCUT2D eigenvalue weighted by molar-refractivity contribution is 4.79. The minimum atomic E-state index is -5.23. The van der Waals surface area contributed by atoms with Crippen molar-refractivity contribution in [2.45, 2.75) is 31.8 Å². The molecule has 2 unspecified atom stereocenters. The minimum absolute atomic E-state index is 0.801. The van der Waals surface area contributed by atoms with Crippen LogP contribution in [0.2, 0.25) is 0 Å². The van der Waals surface area contributed by atoms with Crippen LogP contribution in [0.5, 0.6) is 0 Å². The maximum absolute atomic E-state index is 11.8. The molecule has 0 aliphatic rings. The van der Waals surface area contributed by atoms with Crippen LogP contribution in [-0.4, -0.2) is 23.6 Å². The lowest BCUT2D eigenvalue weighted by Crippen LogP contribution is -2.43. The van der Waals surface area contributed by atoms with E-state index in [1.165, 1.54) is 0 Å². The third kappa shape index (κ3) is 3.41. The summed E-state index contributed by atoms with van der Waals surface area (Å²) >= 11 is 0. The van der Waals surface area contributed by atoms with Crippen LogP contribution in [0.25, 0.3) is 0 Å². The SMILES string of the molecule is CCC(C(O)C(F)(F)F)C(F)(F)F. The second-order valence-corrected chi connectivity index (χ2v) is 2.54. The lowest BCUT2D eigenvalue weighted by molar-refractivity contribution is -0.275. The molecule has 0 bridgehead atoms. The Morgan fingerprint density at radius 1 is 1.00 bits per heavy atom. The Hall–Kier alpha value is -0.460. The molecule has 13 heavy (non-hydrogen) atoms. The van der Waals surface area contributed by atoms with E-state index in [0.29, 0.717) is 0 Å². The standard InChI is InChI=1S/C6H8F6O/c1-2-3(5(7,8)9)4(13)6(10,11)12/h3-4,13H,2H2,1H3. The van der Waals surface area contributed by atoms with Crippen LogP contribution < -0.4 is 0 Å². The summed E-state index contributed by atoms with van der Waals surface area (Å²) in [6.45, 7) is 0.938. The van der Waals surface area contributed by atoms with Gasteiger partial charge in [0.15, 0.2) is 6.10 Å². The van der Waals surface area contributed by atoms with E-state index < -0.39 is 30.8 Å². The molecule has 0 fully saturated rings. The summed E-state index contributed by atoms with van der Waals surface area (Å²) in [5, 5.41) is 8.34. The predicted octanol–water partition coefficient (Wildman–Crippen LogP) is 2.50. The van der Waals surface area contributed by atoms with Gasteiger partial charge in [-0.2, -0.15) is 26.3 Å². The van der Waals surface area contributed by atoms with Gasteiger partial charge in [-0.05, 0) is 6.42 Å². The monoisotopic (exact) mass is 210 g/mol. The average molecular weight is 210 g/mol. The first-order chi connectivity index (χ1) is 5.60. The maximum atomic E-state index is 11.8. The number of hydrogen-bond acceptors (Lipinski definition) is 1. The van der Waals surface area contributed by atoms with Crippen molar-refractivity contribution < 1.29 is 31.4 Å². The molecule has 80 valence electrons. The molecule has 7 heteroatoms. The minimum Gasteiger partial charge on any atom is -0.383 e. The van der Waals surface area contributed by atoms with Crippen LogP contribution in [-0.2, 0) is 0 Å². The van der Waals surface area contributed by atoms with Gasteiger partial charge < -0.3 is 5.11 Å². The quantitative estimate of drug-likeness (QED) is 0.694. The number of rotatable bonds is 2. The van der Waals surface area contributed by atoms with Crippen LogP contribution >= 0.6 is 0 Å². The van der Waals surface area contributed by atoms with E-state index in [9.17, 15) is 26.3 Å². The van der Waals surface area contributed by atoms with Crippen molar-refractivity contribution in [2.75, 3.05) is 0 Å². The second kappa shape index (κ2) is 3.73. The van der Waals surface area contributed by atoms with Crippen LogP contribution in [0.1, 0.15) is 13.3 Å². The zero-order valence-corrected chi connectivity index (χ0v) is 6.58. The van der Waals surface area contributed by atoms with Gasteiger partial charge in [0, 0.05) is 0 Å². The molecule has 0 radical (unpaired) electrons. The molecule has 0 aliphatic carbocycles. The average Bonchev–Trinajstić information content (AvgIpc) is 1.83. The Kier molecular flexibility index (Phi) is 3.60. The number of alkyl halides is 6. The number of aliphatic hydroxyl groups is 1. The fraction of sp³-hybridized carbons (Fsp3) is 1.00. The molecule has 2 atom stereocenters. The van der Waals surface area contributed by atoms with Gasteiger partial charge in [-0.25, -0.2) is 0 Å². The highest BCUT2D eigenvalue weighted by atomic mass is 19.4. The topological polar surface area (TPSA) is 20.2 Å². The summed E-state index contributed by atoms with van der Waals surface area (Å²) in [7, 11) is 0. The van der Waals surface area contributed by atoms with Gasteiger partial charge >= 0.3 is 12.4 Å². The van der Waals surface area contributed by atoms with Crippen LogP contribution in [0.3, 0.4) is 0 Å². The predicted molar refractivity (Wildman–Crippen MR) is 31.9 cm³/mol. The van der Waals surface area contributed by atoms with E-state index in [4.69, 9.17) is 5.11 Å². The van der Waals surface area contributed by atoms with E-state index in [-0.39, 0.29) is 0 Å². The molecule has 1 nitrogen and oxygen atoms in total. The molecule has 0 aromatic carbocycles. The highest BCUT2D eigenvalue weighted by Gasteiger charge is 2.53. The molecule has 0 aromatic heterocycles. The Bertz CT molecular complexity index is 159. The van der Waals surface area contributed by atoms with E-state index in [1.54, 1.807) is 0 Å². The van der Waals surface area contributed by atoms with Crippen molar-refractivity contribution >= 4 is 0 Å². The van der Waals surface area contributed by atoms with Gasteiger partial charge in [-0.1, -0.05) is 6.92 Å². The normalized spacial score (nSPS) is 18.5. The molecule has 0 saturated carbocycles. The first-order valence-corrected chi connectivity index (χ1v) is 3.42.